The highest BCUT2D eigenvalue weighted by Crippen LogP contribution is 1.80. The molecule has 0 bridgehead atoms. The van der Waals surface area contributed by atoms with Crippen LogP contribution in [0.5, 0.6) is 0 Å². The second-order valence-corrected chi connectivity index (χ2v) is 1.87. The van der Waals surface area contributed by atoms with Gasteiger partial charge in [-0.05, 0) is 0 Å². The van der Waals surface area contributed by atoms with Gasteiger partial charge in [-0.1, -0.05) is 4.99 Å². The first-order chi connectivity index (χ1) is 5.66. The Labute approximate surface area is 68.6 Å². The Hall–Kier alpha value is -0.930. The highest BCUT2D eigenvalue weighted by Gasteiger charge is 2.00. The van der Waals surface area contributed by atoms with Crippen molar-refractivity contribution in [2.75, 3.05) is 6.61 Å². The number of nitrogens with one attached hydrogen (secondary N) is 2. The van der Waals surface area contributed by atoms with E-state index in [1.54, 1.807) is 5.48 Å². The number of primary amides is 1. The number of carbonyl (C=O) groups excluding carboxylic acids is 1. The SMILES string of the molecule is NC(=O)NOONC(N)CCO. The smallest absolute Gasteiger partial charge is 0.338 e. The van der Waals surface area contributed by atoms with Crippen molar-refractivity contribution in [3.8, 4) is 0 Å². The first-order valence-electron chi connectivity index (χ1n) is 3.16. The van der Waals surface area contributed by atoms with Gasteiger partial charge in [0.05, 0.1) is 6.17 Å². The van der Waals surface area contributed by atoms with Crippen LogP contribution in [0.1, 0.15) is 6.42 Å². The molecule has 0 saturated carbocycles. The quantitative estimate of drug-likeness (QED) is 0.135. The fourth-order valence-corrected chi connectivity index (χ4v) is 0.346. The Kier molecular flexibility index (Phi) is 6.24. The first kappa shape index (κ1) is 11.1. The van der Waals surface area contributed by atoms with Crippen molar-refractivity contribution in [2.45, 2.75) is 12.6 Å². The predicted octanol–water partition coefficient (Wildman–Crippen LogP) is -2.31. The second-order valence-electron chi connectivity index (χ2n) is 1.87. The monoisotopic (exact) mass is 180 g/mol. The summed E-state index contributed by atoms with van der Waals surface area (Å²) in [7, 11) is 0. The zero-order valence-corrected chi connectivity index (χ0v) is 6.32. The third kappa shape index (κ3) is 7.18. The van der Waals surface area contributed by atoms with E-state index in [0.29, 0.717) is 6.42 Å². The molecule has 0 rings (SSSR count). The Morgan fingerprint density at radius 3 is 2.75 bits per heavy atom. The van der Waals surface area contributed by atoms with Crippen LogP contribution in [0.25, 0.3) is 0 Å². The van der Waals surface area contributed by atoms with Gasteiger partial charge >= 0.3 is 6.03 Å². The van der Waals surface area contributed by atoms with Crippen molar-refractivity contribution < 1.29 is 19.9 Å². The summed E-state index contributed by atoms with van der Waals surface area (Å²) in [6.45, 7) is -0.0826. The van der Waals surface area contributed by atoms with E-state index in [2.05, 4.69) is 21.2 Å². The highest BCUT2D eigenvalue weighted by atomic mass is 17.3. The maximum atomic E-state index is 9.98. The van der Waals surface area contributed by atoms with Crippen molar-refractivity contribution in [1.82, 2.24) is 11.0 Å². The van der Waals surface area contributed by atoms with Crippen molar-refractivity contribution >= 4 is 6.03 Å². The Bertz CT molecular complexity index is 132. The number of hydrogen-bond donors (Lipinski definition) is 5. The van der Waals surface area contributed by atoms with E-state index in [0.717, 1.165) is 0 Å². The van der Waals surface area contributed by atoms with E-state index in [1.165, 1.54) is 0 Å². The van der Waals surface area contributed by atoms with Gasteiger partial charge < -0.3 is 16.6 Å². The van der Waals surface area contributed by atoms with E-state index in [9.17, 15) is 4.79 Å². The minimum Gasteiger partial charge on any atom is -0.396 e. The van der Waals surface area contributed by atoms with Crippen LogP contribution in [0.4, 0.5) is 4.79 Å². The number of hydrogen-bond acceptors (Lipinski definition) is 6. The molecular formula is C4H12N4O4. The molecule has 0 radical (unpaired) electrons. The molecule has 72 valence electrons. The average molecular weight is 180 g/mol. The molecule has 1 unspecified atom stereocenters. The lowest BCUT2D eigenvalue weighted by atomic mass is 10.4. The third-order valence-electron chi connectivity index (χ3n) is 0.824. The van der Waals surface area contributed by atoms with Crippen LogP contribution in [0.15, 0.2) is 0 Å². The molecule has 0 aromatic rings. The summed E-state index contributed by atoms with van der Waals surface area (Å²) >= 11 is 0. The number of amides is 2. The van der Waals surface area contributed by atoms with Gasteiger partial charge in [-0.2, -0.15) is 11.0 Å². The molecular weight excluding hydrogens is 168 g/mol. The van der Waals surface area contributed by atoms with Gasteiger partial charge in [0.2, 0.25) is 0 Å². The van der Waals surface area contributed by atoms with Crippen LogP contribution < -0.4 is 22.4 Å². The molecule has 0 fully saturated rings. The lowest BCUT2D eigenvalue weighted by Crippen LogP contribution is -2.40. The van der Waals surface area contributed by atoms with Gasteiger partial charge in [-0.25, -0.2) is 4.79 Å². The van der Waals surface area contributed by atoms with E-state index >= 15 is 0 Å². The molecule has 0 aliphatic rings. The molecule has 8 heteroatoms. The molecule has 7 N–H and O–H groups in total. The van der Waals surface area contributed by atoms with Crippen molar-refractivity contribution in [1.29, 1.82) is 0 Å². The number of nitrogens with two attached hydrogens (primary N) is 2. The van der Waals surface area contributed by atoms with E-state index < -0.39 is 12.2 Å². The zero-order valence-electron chi connectivity index (χ0n) is 6.32. The summed E-state index contributed by atoms with van der Waals surface area (Å²) in [6.07, 6.45) is -0.287. The molecule has 0 spiro atoms. The number of aliphatic hydroxyl groups excluding tert-OH is 1. The van der Waals surface area contributed by atoms with Gasteiger partial charge in [0.25, 0.3) is 0 Å². The van der Waals surface area contributed by atoms with Crippen molar-refractivity contribution in [2.24, 2.45) is 11.5 Å². The summed E-state index contributed by atoms with van der Waals surface area (Å²) < 4.78 is 0. The van der Waals surface area contributed by atoms with Gasteiger partial charge in [0, 0.05) is 13.0 Å². The Morgan fingerprint density at radius 1 is 1.58 bits per heavy atom. The number of aliphatic hydroxyl groups is 1. The molecule has 0 heterocycles. The van der Waals surface area contributed by atoms with Crippen LogP contribution in [-0.4, -0.2) is 23.9 Å². The largest absolute Gasteiger partial charge is 0.396 e. The predicted molar refractivity (Wildman–Crippen MR) is 37.7 cm³/mol. The summed E-state index contributed by atoms with van der Waals surface area (Å²) in [6, 6.07) is -0.896. The van der Waals surface area contributed by atoms with Crippen LogP contribution in [0.3, 0.4) is 0 Å². The fraction of sp³-hybridized carbons (Fsp3) is 0.750. The van der Waals surface area contributed by atoms with Crippen LogP contribution in [0.2, 0.25) is 0 Å². The van der Waals surface area contributed by atoms with E-state index in [4.69, 9.17) is 10.8 Å². The lowest BCUT2D eigenvalue weighted by Gasteiger charge is -2.09. The van der Waals surface area contributed by atoms with E-state index in [1.807, 2.05) is 0 Å². The summed E-state index contributed by atoms with van der Waals surface area (Å²) in [5, 5.41) is 8.38. The molecule has 2 amide bonds. The number of urea groups is 1. The molecule has 8 nitrogen and oxygen atoms in total. The molecule has 0 aliphatic heterocycles. The average Bonchev–Trinajstić information content (AvgIpc) is 1.98. The second kappa shape index (κ2) is 6.76. The molecule has 0 saturated heterocycles. The maximum absolute atomic E-state index is 9.98. The Morgan fingerprint density at radius 2 is 2.25 bits per heavy atom. The van der Waals surface area contributed by atoms with Gasteiger partial charge in [-0.3, -0.25) is 0 Å². The summed E-state index contributed by atoms with van der Waals surface area (Å²) in [4.78, 5) is 18.2. The molecule has 0 aliphatic carbocycles. The van der Waals surface area contributed by atoms with Gasteiger partial charge in [0.1, 0.15) is 0 Å². The summed E-state index contributed by atoms with van der Waals surface area (Å²) in [5.74, 6) is 0. The molecule has 0 aromatic heterocycles. The van der Waals surface area contributed by atoms with Gasteiger partial charge in [-0.15, -0.1) is 4.99 Å². The lowest BCUT2D eigenvalue weighted by molar-refractivity contribution is -0.368. The number of hydroxylamine groups is 2. The van der Waals surface area contributed by atoms with Crippen molar-refractivity contribution in [3.05, 3.63) is 0 Å². The summed E-state index contributed by atoms with van der Waals surface area (Å²) in [5.41, 5.74) is 13.7. The van der Waals surface area contributed by atoms with Crippen LogP contribution in [-0.2, 0) is 9.98 Å². The fourth-order valence-electron chi connectivity index (χ4n) is 0.346. The highest BCUT2D eigenvalue weighted by molar-refractivity contribution is 5.70. The minimum absolute atomic E-state index is 0.0826. The number of carbonyl (C=O) groups is 1. The van der Waals surface area contributed by atoms with E-state index in [-0.39, 0.29) is 6.61 Å². The van der Waals surface area contributed by atoms with Crippen LogP contribution >= 0.6 is 0 Å². The normalized spacial score (nSPS) is 12.5. The third-order valence-corrected chi connectivity index (χ3v) is 0.824. The standard InChI is InChI=1S/C4H12N4O4/c5-3(1-2-9)7-11-12-8-4(6)10/h3,7,9H,1-2,5H2,(H3,6,8,10). The molecule has 0 aromatic carbocycles. The van der Waals surface area contributed by atoms with Crippen molar-refractivity contribution in [3.63, 3.8) is 0 Å². The molecule has 12 heavy (non-hydrogen) atoms. The minimum atomic E-state index is -0.896. The Balaban J connectivity index is 3.13. The molecule has 1 atom stereocenters. The topological polar surface area (TPSA) is 132 Å². The first-order valence-corrected chi connectivity index (χ1v) is 3.16. The maximum Gasteiger partial charge on any atom is 0.338 e. The number of rotatable bonds is 6. The zero-order chi connectivity index (χ0) is 9.40. The van der Waals surface area contributed by atoms with Gasteiger partial charge in [0.15, 0.2) is 0 Å². The van der Waals surface area contributed by atoms with Crippen LogP contribution in [0, 0.1) is 0 Å².